The lowest BCUT2D eigenvalue weighted by Gasteiger charge is -2.39. The number of piperidine rings is 1. The lowest BCUT2D eigenvalue weighted by Crippen LogP contribution is -2.64. The Morgan fingerprint density at radius 1 is 0.956 bits per heavy atom. The first kappa shape index (κ1) is 34.0. The molecule has 4 rings (SSSR count). The van der Waals surface area contributed by atoms with E-state index < -0.39 is 36.0 Å². The fourth-order valence-corrected chi connectivity index (χ4v) is 6.40. The van der Waals surface area contributed by atoms with Crippen molar-refractivity contribution >= 4 is 40.3 Å². The quantitative estimate of drug-likeness (QED) is 0.311. The number of para-hydroxylation sites is 1. The Labute approximate surface area is 265 Å². The zero-order valence-electron chi connectivity index (χ0n) is 27.1. The third kappa shape index (κ3) is 8.23. The molecule has 11 nitrogen and oxygen atoms in total. The molecular formula is C34H49N5O6. The first-order valence-electron chi connectivity index (χ1n) is 16.5. The summed E-state index contributed by atoms with van der Waals surface area (Å²) in [4.78, 5) is 74.6. The average molecular weight is 624 g/mol. The predicted molar refractivity (Wildman–Crippen MR) is 171 cm³/mol. The maximum absolute atomic E-state index is 14.1. The summed E-state index contributed by atoms with van der Waals surface area (Å²) in [5.41, 5.74) is 1.62. The zero-order chi connectivity index (χ0) is 32.5. The van der Waals surface area contributed by atoms with Gasteiger partial charge in [0.05, 0.1) is 5.52 Å². The predicted octanol–water partition coefficient (Wildman–Crippen LogP) is 3.07. The first-order chi connectivity index (χ1) is 21.7. The standard InChI is InChI=1S/C34H49N5O6/c1-5-22(3)30-33(43)36-27(20-23-21-39(45-4)28-17-11-10-15-25(23)28)31(41)35-26(16-9-7-8-14-24(40)6-2)34(44)38-19-13-12-18-29(38)32(42)37-30/h10-11,15,17,21-22,26-27,29-30H,5-9,12-14,16,18-20H2,1-4H3,(H,35,41)(H,36,43)(H,37,42)/t22?,26-,27-,29-,30-/m0/s1. The Hall–Kier alpha value is -3.89. The molecule has 2 fully saturated rings. The highest BCUT2D eigenvalue weighted by Crippen LogP contribution is 2.24. The van der Waals surface area contributed by atoms with E-state index in [1.165, 1.54) is 0 Å². The normalized spacial score (nSPS) is 23.7. The van der Waals surface area contributed by atoms with Crippen molar-refractivity contribution in [3.8, 4) is 0 Å². The molecule has 5 atom stereocenters. The van der Waals surface area contributed by atoms with Gasteiger partial charge < -0.3 is 25.7 Å². The van der Waals surface area contributed by atoms with Crippen LogP contribution in [0.1, 0.15) is 90.5 Å². The van der Waals surface area contributed by atoms with Crippen LogP contribution in [0.4, 0.5) is 0 Å². The summed E-state index contributed by atoms with van der Waals surface area (Å²) in [6.07, 6.45) is 8.10. The highest BCUT2D eigenvalue weighted by molar-refractivity contribution is 5.98. The van der Waals surface area contributed by atoms with Crippen LogP contribution in [-0.2, 0) is 30.4 Å². The Morgan fingerprint density at radius 2 is 1.71 bits per heavy atom. The van der Waals surface area contributed by atoms with Crippen LogP contribution >= 0.6 is 0 Å². The first-order valence-corrected chi connectivity index (χ1v) is 16.5. The monoisotopic (exact) mass is 623 g/mol. The molecule has 1 aromatic carbocycles. The summed E-state index contributed by atoms with van der Waals surface area (Å²) in [6.45, 7) is 6.10. The lowest BCUT2D eigenvalue weighted by atomic mass is 9.94. The van der Waals surface area contributed by atoms with Crippen molar-refractivity contribution < 1.29 is 28.8 Å². The number of hydrogen-bond donors (Lipinski definition) is 3. The van der Waals surface area contributed by atoms with E-state index in [0.717, 1.165) is 42.1 Å². The van der Waals surface area contributed by atoms with E-state index >= 15 is 0 Å². The molecule has 246 valence electrons. The van der Waals surface area contributed by atoms with Gasteiger partial charge in [-0.2, -0.15) is 4.73 Å². The van der Waals surface area contributed by atoms with Crippen LogP contribution in [0.25, 0.3) is 10.9 Å². The molecule has 0 saturated carbocycles. The molecule has 0 bridgehead atoms. The van der Waals surface area contributed by atoms with Crippen molar-refractivity contribution in [1.29, 1.82) is 0 Å². The number of nitrogens with zero attached hydrogens (tertiary/aromatic N) is 2. The molecule has 3 heterocycles. The van der Waals surface area contributed by atoms with Crippen molar-refractivity contribution in [2.75, 3.05) is 13.7 Å². The molecule has 1 unspecified atom stereocenters. The second-order valence-electron chi connectivity index (χ2n) is 12.4. The van der Waals surface area contributed by atoms with Crippen LogP contribution in [0.3, 0.4) is 0 Å². The molecule has 1 aromatic heterocycles. The Kier molecular flexibility index (Phi) is 12.0. The van der Waals surface area contributed by atoms with Gasteiger partial charge in [0.25, 0.3) is 0 Å². The van der Waals surface area contributed by atoms with Gasteiger partial charge in [0.1, 0.15) is 37.1 Å². The van der Waals surface area contributed by atoms with E-state index in [1.807, 2.05) is 45.0 Å². The van der Waals surface area contributed by atoms with Gasteiger partial charge in [-0.3, -0.25) is 24.0 Å². The number of ketones is 1. The number of hydrogen-bond acceptors (Lipinski definition) is 6. The number of carbonyl (C=O) groups is 5. The molecule has 3 N–H and O–H groups in total. The number of amides is 4. The van der Waals surface area contributed by atoms with Gasteiger partial charge in [0.2, 0.25) is 23.6 Å². The number of benzene rings is 1. The van der Waals surface area contributed by atoms with E-state index in [1.54, 1.807) is 22.9 Å². The van der Waals surface area contributed by atoms with Crippen LogP contribution < -0.4 is 20.8 Å². The van der Waals surface area contributed by atoms with E-state index in [2.05, 4.69) is 16.0 Å². The van der Waals surface area contributed by atoms with Crippen molar-refractivity contribution in [3.05, 3.63) is 36.0 Å². The number of nitrogens with one attached hydrogen (secondary N) is 3. The van der Waals surface area contributed by atoms with Crippen LogP contribution in [-0.4, -0.2) is 76.9 Å². The summed E-state index contributed by atoms with van der Waals surface area (Å²) in [5.74, 6) is -1.51. The van der Waals surface area contributed by atoms with Gasteiger partial charge in [0.15, 0.2) is 0 Å². The minimum Gasteiger partial charge on any atom is -0.417 e. The second-order valence-corrected chi connectivity index (χ2v) is 12.4. The van der Waals surface area contributed by atoms with Crippen molar-refractivity contribution in [1.82, 2.24) is 25.6 Å². The van der Waals surface area contributed by atoms with Gasteiger partial charge in [-0.25, -0.2) is 0 Å². The van der Waals surface area contributed by atoms with Gasteiger partial charge in [-0.15, -0.1) is 0 Å². The smallest absolute Gasteiger partial charge is 0.245 e. The highest BCUT2D eigenvalue weighted by Gasteiger charge is 2.40. The Bertz CT molecular complexity index is 1370. The molecule has 2 aliphatic heterocycles. The van der Waals surface area contributed by atoms with Gasteiger partial charge >= 0.3 is 0 Å². The molecule has 0 aliphatic carbocycles. The zero-order valence-corrected chi connectivity index (χ0v) is 27.1. The number of rotatable bonds is 12. The van der Waals surface area contributed by atoms with Gasteiger partial charge in [-0.05, 0) is 49.7 Å². The summed E-state index contributed by atoms with van der Waals surface area (Å²) in [6, 6.07) is 4.20. The number of aromatic nitrogens is 1. The van der Waals surface area contributed by atoms with Crippen LogP contribution in [0.15, 0.2) is 30.5 Å². The molecular weight excluding hydrogens is 574 g/mol. The SMILES string of the molecule is CCC(=O)CCCCC[C@@H]1NC(=O)[C@H](Cc2cn(OC)c3ccccc23)NC(=O)[C@H](C(C)CC)NC(=O)[C@@H]2CCCCN2C1=O. The largest absolute Gasteiger partial charge is 0.417 e. The average Bonchev–Trinajstić information content (AvgIpc) is 3.41. The Morgan fingerprint density at radius 3 is 2.44 bits per heavy atom. The highest BCUT2D eigenvalue weighted by atomic mass is 16.6. The van der Waals surface area contributed by atoms with Crippen molar-refractivity contribution in [3.63, 3.8) is 0 Å². The Balaban J connectivity index is 1.67. The van der Waals surface area contributed by atoms with Crippen molar-refractivity contribution in [2.45, 2.75) is 116 Å². The third-order valence-corrected chi connectivity index (χ3v) is 9.35. The topological polar surface area (TPSA) is 139 Å². The van der Waals surface area contributed by atoms with Crippen LogP contribution in [0, 0.1) is 5.92 Å². The minimum atomic E-state index is -1.01. The molecule has 0 radical (unpaired) electrons. The summed E-state index contributed by atoms with van der Waals surface area (Å²) in [5, 5.41) is 9.75. The van der Waals surface area contributed by atoms with E-state index in [9.17, 15) is 24.0 Å². The molecule has 0 spiro atoms. The van der Waals surface area contributed by atoms with Gasteiger partial charge in [-0.1, -0.05) is 58.2 Å². The van der Waals surface area contributed by atoms with Crippen molar-refractivity contribution in [2.24, 2.45) is 5.92 Å². The van der Waals surface area contributed by atoms with Crippen LogP contribution in [0.2, 0.25) is 0 Å². The number of carbonyl (C=O) groups excluding carboxylic acids is 5. The molecule has 11 heteroatoms. The number of fused-ring (bicyclic) bond motifs is 2. The fraction of sp³-hybridized carbons (Fsp3) is 0.618. The van der Waals surface area contributed by atoms with Crippen LogP contribution in [0.5, 0.6) is 0 Å². The minimum absolute atomic E-state index is 0.155. The van der Waals surface area contributed by atoms with E-state index in [0.29, 0.717) is 45.1 Å². The molecule has 2 aromatic rings. The summed E-state index contributed by atoms with van der Waals surface area (Å²) >= 11 is 0. The second kappa shape index (κ2) is 15.9. The van der Waals surface area contributed by atoms with Gasteiger partial charge in [0, 0.05) is 37.4 Å². The third-order valence-electron chi connectivity index (χ3n) is 9.35. The number of unbranched alkanes of at least 4 members (excludes halogenated alkanes) is 2. The molecule has 2 aliphatic rings. The molecule has 2 saturated heterocycles. The maximum Gasteiger partial charge on any atom is 0.245 e. The molecule has 45 heavy (non-hydrogen) atoms. The fourth-order valence-electron chi connectivity index (χ4n) is 6.40. The number of Topliss-reactive ketones (excluding diaryl/α,β-unsaturated/α-hetero) is 1. The van der Waals surface area contributed by atoms with E-state index in [4.69, 9.17) is 4.84 Å². The lowest BCUT2D eigenvalue weighted by molar-refractivity contribution is -0.147. The molecule has 4 amide bonds. The van der Waals surface area contributed by atoms with E-state index in [-0.39, 0.29) is 29.9 Å². The summed E-state index contributed by atoms with van der Waals surface area (Å²) in [7, 11) is 1.56. The maximum atomic E-state index is 14.1. The summed E-state index contributed by atoms with van der Waals surface area (Å²) < 4.78 is 1.62.